The van der Waals surface area contributed by atoms with Gasteiger partial charge in [0.1, 0.15) is 6.26 Å². The predicted octanol–water partition coefficient (Wildman–Crippen LogP) is 1.85. The highest BCUT2D eigenvalue weighted by molar-refractivity contribution is 7.99. The summed E-state index contributed by atoms with van der Waals surface area (Å²) in [6, 6.07) is 0.472. The highest BCUT2D eigenvalue weighted by Crippen LogP contribution is 2.26. The molecule has 1 amide bonds. The molecule has 5 nitrogen and oxygen atoms in total. The van der Waals surface area contributed by atoms with Gasteiger partial charge in [0.05, 0.1) is 11.2 Å². The molecule has 6 heteroatoms. The van der Waals surface area contributed by atoms with Crippen molar-refractivity contribution in [3.63, 3.8) is 0 Å². The quantitative estimate of drug-likeness (QED) is 0.562. The van der Waals surface area contributed by atoms with E-state index in [9.17, 15) is 4.79 Å². The lowest BCUT2D eigenvalue weighted by Crippen LogP contribution is -2.54. The number of nitrogens with two attached hydrogens (primary N) is 1. The fourth-order valence-corrected chi connectivity index (χ4v) is 2.72. The lowest BCUT2D eigenvalue weighted by Gasteiger charge is -2.27. The van der Waals surface area contributed by atoms with E-state index in [0.29, 0.717) is 11.3 Å². The van der Waals surface area contributed by atoms with Crippen LogP contribution in [0, 0.1) is 6.92 Å². The van der Waals surface area contributed by atoms with Crippen LogP contribution in [-0.4, -0.2) is 28.2 Å². The average Bonchev–Trinajstić information content (AvgIpc) is 3.05. The molecule has 0 radical (unpaired) electrons. The fraction of sp³-hybridized carbons (Fsp3) is 0.692. The highest BCUT2D eigenvalue weighted by atomic mass is 32.2. The van der Waals surface area contributed by atoms with Crippen molar-refractivity contribution in [3.05, 3.63) is 12.0 Å². The summed E-state index contributed by atoms with van der Waals surface area (Å²) in [4.78, 5) is 15.8. The molecule has 2 rings (SSSR count). The Labute approximate surface area is 117 Å². The van der Waals surface area contributed by atoms with Crippen molar-refractivity contribution < 1.29 is 9.21 Å². The third-order valence-electron chi connectivity index (χ3n) is 3.29. The van der Waals surface area contributed by atoms with E-state index in [2.05, 4.69) is 10.3 Å². The minimum atomic E-state index is -0.589. The van der Waals surface area contributed by atoms with E-state index < -0.39 is 5.54 Å². The number of hydrogen-bond acceptors (Lipinski definition) is 5. The van der Waals surface area contributed by atoms with Gasteiger partial charge in [0, 0.05) is 11.8 Å². The van der Waals surface area contributed by atoms with Crippen molar-refractivity contribution >= 4 is 17.7 Å². The summed E-state index contributed by atoms with van der Waals surface area (Å²) >= 11 is 1.57. The standard InChI is InChI=1S/C13H21N3O2S/c1-9-8-18-12(15-9)19-7-3-6-13(2,11(14)17)16-10-4-5-10/h8,10,16H,3-7H2,1-2H3,(H2,14,17). The second-order valence-corrected chi connectivity index (χ2v) is 6.37. The van der Waals surface area contributed by atoms with Crippen LogP contribution in [-0.2, 0) is 4.79 Å². The van der Waals surface area contributed by atoms with Crippen LogP contribution in [0.3, 0.4) is 0 Å². The summed E-state index contributed by atoms with van der Waals surface area (Å²) in [5.41, 5.74) is 5.80. The number of primary amides is 1. The maximum absolute atomic E-state index is 11.6. The van der Waals surface area contributed by atoms with Gasteiger partial charge in [-0.05, 0) is 39.5 Å². The van der Waals surface area contributed by atoms with E-state index in [-0.39, 0.29) is 5.91 Å². The van der Waals surface area contributed by atoms with Gasteiger partial charge < -0.3 is 15.5 Å². The minimum Gasteiger partial charge on any atom is -0.440 e. The summed E-state index contributed by atoms with van der Waals surface area (Å²) in [5.74, 6) is 0.603. The van der Waals surface area contributed by atoms with Crippen molar-refractivity contribution in [2.24, 2.45) is 5.73 Å². The topological polar surface area (TPSA) is 81.1 Å². The van der Waals surface area contributed by atoms with Crippen LogP contribution >= 0.6 is 11.8 Å². The summed E-state index contributed by atoms with van der Waals surface area (Å²) in [6.07, 6.45) is 5.57. The Morgan fingerprint density at radius 1 is 1.68 bits per heavy atom. The SMILES string of the molecule is Cc1coc(SCCCC(C)(NC2CC2)C(N)=O)n1. The van der Waals surface area contributed by atoms with E-state index in [4.69, 9.17) is 10.2 Å². The van der Waals surface area contributed by atoms with Crippen LogP contribution in [0.25, 0.3) is 0 Å². The maximum atomic E-state index is 11.6. The van der Waals surface area contributed by atoms with E-state index >= 15 is 0 Å². The van der Waals surface area contributed by atoms with Crippen LogP contribution in [0.4, 0.5) is 0 Å². The normalized spacial score (nSPS) is 18.2. The van der Waals surface area contributed by atoms with Crippen molar-refractivity contribution in [1.82, 2.24) is 10.3 Å². The number of carbonyl (C=O) groups excluding carboxylic acids is 1. The zero-order valence-electron chi connectivity index (χ0n) is 11.4. The molecule has 1 aliphatic rings. The molecular weight excluding hydrogens is 262 g/mol. The summed E-state index contributed by atoms with van der Waals surface area (Å²) in [7, 11) is 0. The Bertz CT molecular complexity index is 445. The van der Waals surface area contributed by atoms with Gasteiger partial charge >= 0.3 is 0 Å². The zero-order valence-corrected chi connectivity index (χ0v) is 12.3. The van der Waals surface area contributed by atoms with Crippen LogP contribution < -0.4 is 11.1 Å². The number of aryl methyl sites for hydroxylation is 1. The van der Waals surface area contributed by atoms with E-state index in [1.54, 1.807) is 18.0 Å². The molecule has 1 saturated carbocycles. The number of rotatable bonds is 8. The molecule has 1 aliphatic carbocycles. The molecule has 1 unspecified atom stereocenters. The third kappa shape index (κ3) is 4.24. The third-order valence-corrected chi connectivity index (χ3v) is 4.22. The van der Waals surface area contributed by atoms with E-state index in [1.807, 2.05) is 13.8 Å². The van der Waals surface area contributed by atoms with Gasteiger partial charge in [-0.25, -0.2) is 4.98 Å². The van der Waals surface area contributed by atoms with Gasteiger partial charge in [0.25, 0.3) is 5.22 Å². The molecule has 0 saturated heterocycles. The van der Waals surface area contributed by atoms with E-state index in [1.165, 1.54) is 0 Å². The summed E-state index contributed by atoms with van der Waals surface area (Å²) in [5, 5.41) is 4.04. The second kappa shape index (κ2) is 5.96. The first-order chi connectivity index (χ1) is 8.99. The molecule has 1 aromatic heterocycles. The van der Waals surface area contributed by atoms with Crippen molar-refractivity contribution in [2.45, 2.75) is 56.3 Å². The number of oxazole rings is 1. The number of amides is 1. The molecule has 1 aromatic rings. The number of hydrogen-bond donors (Lipinski definition) is 2. The average molecular weight is 283 g/mol. The van der Waals surface area contributed by atoms with Gasteiger partial charge in [0.2, 0.25) is 5.91 Å². The van der Waals surface area contributed by atoms with E-state index in [0.717, 1.165) is 37.1 Å². The van der Waals surface area contributed by atoms with Crippen LogP contribution in [0.2, 0.25) is 0 Å². The monoisotopic (exact) mass is 283 g/mol. The Morgan fingerprint density at radius 2 is 2.42 bits per heavy atom. The predicted molar refractivity (Wildman–Crippen MR) is 75.0 cm³/mol. The highest BCUT2D eigenvalue weighted by Gasteiger charge is 2.36. The van der Waals surface area contributed by atoms with Crippen LogP contribution in [0.15, 0.2) is 15.9 Å². The minimum absolute atomic E-state index is 0.267. The lowest BCUT2D eigenvalue weighted by molar-refractivity contribution is -0.124. The molecule has 1 fully saturated rings. The fourth-order valence-electron chi connectivity index (χ4n) is 1.93. The summed E-state index contributed by atoms with van der Waals surface area (Å²) < 4.78 is 5.26. The smallest absolute Gasteiger partial charge is 0.255 e. The number of aromatic nitrogens is 1. The first-order valence-electron chi connectivity index (χ1n) is 6.62. The first-order valence-corrected chi connectivity index (χ1v) is 7.61. The molecule has 1 heterocycles. The van der Waals surface area contributed by atoms with Crippen molar-refractivity contribution in [1.29, 1.82) is 0 Å². The molecule has 106 valence electrons. The lowest BCUT2D eigenvalue weighted by atomic mass is 9.95. The van der Waals surface area contributed by atoms with Crippen LogP contribution in [0.5, 0.6) is 0 Å². The number of nitrogens with one attached hydrogen (secondary N) is 1. The van der Waals surface area contributed by atoms with Crippen molar-refractivity contribution in [2.75, 3.05) is 5.75 Å². The molecule has 1 atom stereocenters. The van der Waals surface area contributed by atoms with Gasteiger partial charge in [0.15, 0.2) is 0 Å². The molecule has 0 aliphatic heterocycles. The molecular formula is C13H21N3O2S. The number of carbonyl (C=O) groups is 1. The van der Waals surface area contributed by atoms with Gasteiger partial charge in [-0.3, -0.25) is 4.79 Å². The van der Waals surface area contributed by atoms with Crippen LogP contribution in [0.1, 0.15) is 38.3 Å². The first kappa shape index (κ1) is 14.4. The molecule has 0 bridgehead atoms. The van der Waals surface area contributed by atoms with Gasteiger partial charge in [-0.2, -0.15) is 0 Å². The number of thioether (sulfide) groups is 1. The molecule has 0 aromatic carbocycles. The Kier molecular flexibility index (Phi) is 4.52. The summed E-state index contributed by atoms with van der Waals surface area (Å²) in [6.45, 7) is 3.80. The van der Waals surface area contributed by atoms with Gasteiger partial charge in [-0.1, -0.05) is 11.8 Å². The van der Waals surface area contributed by atoms with Crippen molar-refractivity contribution in [3.8, 4) is 0 Å². The molecule has 3 N–H and O–H groups in total. The number of nitrogens with zero attached hydrogens (tertiary/aromatic N) is 1. The maximum Gasteiger partial charge on any atom is 0.255 e. The molecule has 19 heavy (non-hydrogen) atoms. The van der Waals surface area contributed by atoms with Gasteiger partial charge in [-0.15, -0.1) is 0 Å². The largest absolute Gasteiger partial charge is 0.440 e. The second-order valence-electron chi connectivity index (χ2n) is 5.32. The Hall–Kier alpha value is -1.01. The Balaban J connectivity index is 1.74. The zero-order chi connectivity index (χ0) is 13.9. The molecule has 0 spiro atoms. The Morgan fingerprint density at radius 3 is 2.95 bits per heavy atom.